The predicted octanol–water partition coefficient (Wildman–Crippen LogP) is 4.19. The summed E-state index contributed by atoms with van der Waals surface area (Å²) in [4.78, 5) is 5.08. The zero-order valence-corrected chi connectivity index (χ0v) is 18.3. The molecule has 2 aliphatic rings. The van der Waals surface area contributed by atoms with Gasteiger partial charge in [0.2, 0.25) is 0 Å². The molecule has 2 aromatic carbocycles. The SMILES string of the molecule is Cn1c(C2CC2)nn(CN2CCN(C(c3ccccc3)c3ccccc3)CC2)c1=S. The molecule has 0 bridgehead atoms. The van der Waals surface area contributed by atoms with Crippen molar-refractivity contribution in [3.8, 4) is 0 Å². The zero-order valence-electron chi connectivity index (χ0n) is 17.5. The minimum absolute atomic E-state index is 0.299. The van der Waals surface area contributed by atoms with Gasteiger partial charge in [-0.05, 0) is 36.2 Å². The van der Waals surface area contributed by atoms with Gasteiger partial charge >= 0.3 is 0 Å². The quantitative estimate of drug-likeness (QED) is 0.560. The van der Waals surface area contributed by atoms with E-state index in [0.717, 1.165) is 43.4 Å². The average molecular weight is 420 g/mol. The fourth-order valence-corrected chi connectivity index (χ4v) is 4.72. The van der Waals surface area contributed by atoms with Crippen molar-refractivity contribution >= 4 is 12.2 Å². The van der Waals surface area contributed by atoms with Crippen LogP contribution in [0.3, 0.4) is 0 Å². The number of benzene rings is 2. The van der Waals surface area contributed by atoms with Crippen molar-refractivity contribution in [2.45, 2.75) is 31.5 Å². The van der Waals surface area contributed by atoms with Crippen LogP contribution >= 0.6 is 12.2 Å². The first-order valence-corrected chi connectivity index (χ1v) is 11.3. The zero-order chi connectivity index (χ0) is 20.5. The van der Waals surface area contributed by atoms with Crippen LogP contribution in [0.2, 0.25) is 0 Å². The van der Waals surface area contributed by atoms with Crippen LogP contribution in [-0.4, -0.2) is 50.3 Å². The molecule has 0 unspecified atom stereocenters. The smallest absolute Gasteiger partial charge is 0.198 e. The summed E-state index contributed by atoms with van der Waals surface area (Å²) in [6, 6.07) is 22.0. The molecular weight excluding hydrogens is 390 g/mol. The van der Waals surface area contributed by atoms with E-state index in [1.807, 2.05) is 4.68 Å². The van der Waals surface area contributed by atoms with E-state index < -0.39 is 0 Å². The van der Waals surface area contributed by atoms with Crippen LogP contribution in [0.25, 0.3) is 0 Å². The number of hydrogen-bond acceptors (Lipinski definition) is 4. The highest BCUT2D eigenvalue weighted by Crippen LogP contribution is 2.38. The van der Waals surface area contributed by atoms with Gasteiger partial charge in [-0.25, -0.2) is 4.68 Å². The number of aromatic nitrogens is 3. The van der Waals surface area contributed by atoms with Gasteiger partial charge in [-0.15, -0.1) is 0 Å². The first kappa shape index (κ1) is 19.7. The van der Waals surface area contributed by atoms with Crippen LogP contribution in [0.4, 0.5) is 0 Å². The molecule has 156 valence electrons. The Morgan fingerprint density at radius 1 is 0.900 bits per heavy atom. The summed E-state index contributed by atoms with van der Waals surface area (Å²) in [5.41, 5.74) is 2.72. The fraction of sp³-hybridized carbons (Fsp3) is 0.417. The number of nitrogens with zero attached hydrogens (tertiary/aromatic N) is 5. The lowest BCUT2D eigenvalue weighted by molar-refractivity contribution is 0.0842. The Kier molecular flexibility index (Phi) is 5.54. The van der Waals surface area contributed by atoms with Crippen LogP contribution in [-0.2, 0) is 13.7 Å². The van der Waals surface area contributed by atoms with Crippen molar-refractivity contribution in [2.75, 3.05) is 26.2 Å². The predicted molar refractivity (Wildman–Crippen MR) is 122 cm³/mol. The summed E-state index contributed by atoms with van der Waals surface area (Å²) in [6.07, 6.45) is 2.50. The maximum Gasteiger partial charge on any atom is 0.198 e. The monoisotopic (exact) mass is 419 g/mol. The van der Waals surface area contributed by atoms with E-state index in [1.54, 1.807) is 0 Å². The molecule has 2 fully saturated rings. The molecule has 1 saturated heterocycles. The van der Waals surface area contributed by atoms with Gasteiger partial charge in [-0.1, -0.05) is 60.7 Å². The van der Waals surface area contributed by atoms with Crippen molar-refractivity contribution in [1.82, 2.24) is 24.1 Å². The average Bonchev–Trinajstić information content (AvgIpc) is 3.60. The highest BCUT2D eigenvalue weighted by Gasteiger charge is 2.30. The lowest BCUT2D eigenvalue weighted by atomic mass is 9.96. The Morgan fingerprint density at radius 3 is 2.00 bits per heavy atom. The Morgan fingerprint density at radius 2 is 1.47 bits per heavy atom. The van der Waals surface area contributed by atoms with Crippen molar-refractivity contribution < 1.29 is 0 Å². The van der Waals surface area contributed by atoms with E-state index in [4.69, 9.17) is 17.3 Å². The van der Waals surface area contributed by atoms with Crippen LogP contribution in [0.5, 0.6) is 0 Å². The van der Waals surface area contributed by atoms with Gasteiger partial charge in [-0.3, -0.25) is 9.80 Å². The van der Waals surface area contributed by atoms with Crippen LogP contribution in [0.15, 0.2) is 60.7 Å². The largest absolute Gasteiger partial charge is 0.307 e. The Bertz CT molecular complexity index is 991. The molecule has 0 amide bonds. The van der Waals surface area contributed by atoms with E-state index in [2.05, 4.69) is 82.1 Å². The first-order valence-electron chi connectivity index (χ1n) is 10.9. The topological polar surface area (TPSA) is 29.2 Å². The summed E-state index contributed by atoms with van der Waals surface area (Å²) >= 11 is 5.65. The van der Waals surface area contributed by atoms with E-state index in [9.17, 15) is 0 Å². The second kappa shape index (κ2) is 8.46. The van der Waals surface area contributed by atoms with Gasteiger partial charge in [0.05, 0.1) is 12.7 Å². The highest BCUT2D eigenvalue weighted by molar-refractivity contribution is 7.71. The molecule has 3 aromatic rings. The van der Waals surface area contributed by atoms with Crippen LogP contribution in [0, 0.1) is 4.77 Å². The maximum atomic E-state index is 5.65. The maximum absolute atomic E-state index is 5.65. The lowest BCUT2D eigenvalue weighted by Crippen LogP contribution is -2.48. The molecule has 0 radical (unpaired) electrons. The Balaban J connectivity index is 1.30. The van der Waals surface area contributed by atoms with E-state index in [0.29, 0.717) is 12.0 Å². The lowest BCUT2D eigenvalue weighted by Gasteiger charge is -2.39. The molecular formula is C24H29N5S. The van der Waals surface area contributed by atoms with E-state index in [-0.39, 0.29) is 0 Å². The molecule has 0 atom stereocenters. The molecule has 1 saturated carbocycles. The first-order chi connectivity index (χ1) is 14.7. The molecule has 1 aromatic heterocycles. The van der Waals surface area contributed by atoms with Gasteiger partial charge in [0.25, 0.3) is 0 Å². The standard InChI is InChI=1S/C24H29N5S/c1-26-23(21-12-13-21)25-29(24(26)30)18-27-14-16-28(17-15-27)22(19-8-4-2-5-9-19)20-10-6-3-7-11-20/h2-11,21-22H,12-18H2,1H3. The third-order valence-electron chi connectivity index (χ3n) is 6.35. The number of hydrogen-bond donors (Lipinski definition) is 0. The normalized spacial score (nSPS) is 18.2. The van der Waals surface area contributed by atoms with Crippen molar-refractivity contribution in [1.29, 1.82) is 0 Å². The van der Waals surface area contributed by atoms with Gasteiger partial charge in [-0.2, -0.15) is 5.10 Å². The highest BCUT2D eigenvalue weighted by atomic mass is 32.1. The third kappa shape index (κ3) is 4.00. The van der Waals surface area contributed by atoms with E-state index >= 15 is 0 Å². The molecule has 0 spiro atoms. The van der Waals surface area contributed by atoms with Gasteiger partial charge in [0, 0.05) is 39.1 Å². The fourth-order valence-electron chi connectivity index (χ4n) is 4.53. The Labute approximate surface area is 183 Å². The second-order valence-corrected chi connectivity index (χ2v) is 8.86. The molecule has 5 nitrogen and oxygen atoms in total. The van der Waals surface area contributed by atoms with Crippen molar-refractivity contribution in [3.05, 3.63) is 82.4 Å². The summed E-state index contributed by atoms with van der Waals surface area (Å²) in [5, 5.41) is 4.83. The van der Waals surface area contributed by atoms with Crippen molar-refractivity contribution in [3.63, 3.8) is 0 Å². The van der Waals surface area contributed by atoms with Gasteiger partial charge in [0.15, 0.2) is 4.77 Å². The summed E-state index contributed by atoms with van der Waals surface area (Å²) < 4.78 is 4.96. The molecule has 2 heterocycles. The number of piperazine rings is 1. The van der Waals surface area contributed by atoms with Crippen molar-refractivity contribution in [2.24, 2.45) is 7.05 Å². The van der Waals surface area contributed by atoms with Crippen LogP contribution < -0.4 is 0 Å². The summed E-state index contributed by atoms with van der Waals surface area (Å²) in [7, 11) is 2.06. The van der Waals surface area contributed by atoms with E-state index in [1.165, 1.54) is 24.0 Å². The molecule has 5 rings (SSSR count). The minimum atomic E-state index is 0.299. The molecule has 30 heavy (non-hydrogen) atoms. The molecule has 1 aliphatic heterocycles. The van der Waals surface area contributed by atoms with Crippen LogP contribution in [0.1, 0.15) is 41.8 Å². The number of rotatable bonds is 6. The van der Waals surface area contributed by atoms with Gasteiger partial charge < -0.3 is 4.57 Å². The Hall–Kier alpha value is -2.28. The second-order valence-electron chi connectivity index (χ2n) is 8.49. The minimum Gasteiger partial charge on any atom is -0.307 e. The molecule has 6 heteroatoms. The van der Waals surface area contributed by atoms with Gasteiger partial charge in [0.1, 0.15) is 5.82 Å². The summed E-state index contributed by atoms with van der Waals surface area (Å²) in [6.45, 7) is 4.89. The molecule has 0 N–H and O–H groups in total. The summed E-state index contributed by atoms with van der Waals surface area (Å²) in [5.74, 6) is 1.78. The molecule has 1 aliphatic carbocycles. The third-order valence-corrected chi connectivity index (χ3v) is 6.84.